The van der Waals surface area contributed by atoms with E-state index in [2.05, 4.69) is 15.3 Å². The van der Waals surface area contributed by atoms with Gasteiger partial charge < -0.3 is 4.40 Å². The van der Waals surface area contributed by atoms with Gasteiger partial charge in [-0.2, -0.15) is 0 Å². The lowest BCUT2D eigenvalue weighted by Gasteiger charge is -1.96. The van der Waals surface area contributed by atoms with Crippen molar-refractivity contribution < 1.29 is 4.79 Å². The van der Waals surface area contributed by atoms with E-state index in [0.29, 0.717) is 10.8 Å². The molecule has 1 N–H and O–H groups in total. The Bertz CT molecular complexity index is 783. The molecule has 3 aromatic heterocycles. The van der Waals surface area contributed by atoms with Gasteiger partial charge in [-0.15, -0.1) is 11.3 Å². The fraction of sp³-hybridized carbons (Fsp3) is 0.214. The van der Waals surface area contributed by atoms with Crippen molar-refractivity contribution in [3.63, 3.8) is 0 Å². The summed E-state index contributed by atoms with van der Waals surface area (Å²) in [4.78, 5) is 21.9. The van der Waals surface area contributed by atoms with Gasteiger partial charge >= 0.3 is 0 Å². The summed E-state index contributed by atoms with van der Waals surface area (Å²) in [5, 5.41) is 3.40. The third-order valence-corrected chi connectivity index (χ3v) is 4.09. The van der Waals surface area contributed by atoms with Crippen molar-refractivity contribution in [2.45, 2.75) is 20.8 Å². The molecule has 0 unspecified atom stereocenters. The van der Waals surface area contributed by atoms with Crippen molar-refractivity contribution in [1.29, 1.82) is 0 Å². The largest absolute Gasteiger partial charge is 0.306 e. The molecule has 0 fully saturated rings. The molecule has 6 heteroatoms. The van der Waals surface area contributed by atoms with Crippen molar-refractivity contribution in [2.24, 2.45) is 0 Å². The molecule has 0 atom stereocenters. The van der Waals surface area contributed by atoms with Gasteiger partial charge in [0.15, 0.2) is 5.13 Å². The lowest BCUT2D eigenvalue weighted by molar-refractivity contribution is 0.102. The second-order valence-electron chi connectivity index (χ2n) is 4.71. The molecule has 0 spiro atoms. The van der Waals surface area contributed by atoms with Crippen LogP contribution in [0.15, 0.2) is 24.5 Å². The summed E-state index contributed by atoms with van der Waals surface area (Å²) in [5.74, 6) is -0.236. The van der Waals surface area contributed by atoms with E-state index in [1.807, 2.05) is 43.5 Å². The first kappa shape index (κ1) is 12.8. The number of pyridine rings is 1. The maximum atomic E-state index is 12.2. The molecule has 0 saturated heterocycles. The molecule has 1 amide bonds. The van der Waals surface area contributed by atoms with Crippen molar-refractivity contribution >= 4 is 28.0 Å². The van der Waals surface area contributed by atoms with Crippen LogP contribution >= 0.6 is 11.3 Å². The van der Waals surface area contributed by atoms with Gasteiger partial charge in [0.25, 0.3) is 5.91 Å². The minimum atomic E-state index is -0.236. The van der Waals surface area contributed by atoms with Crippen LogP contribution in [-0.4, -0.2) is 20.3 Å². The number of carbonyl (C=O) groups is 1. The summed E-state index contributed by atoms with van der Waals surface area (Å²) in [6.07, 6.45) is 3.61. The third kappa shape index (κ3) is 2.30. The molecule has 0 aliphatic rings. The maximum absolute atomic E-state index is 12.2. The molecule has 0 aromatic carbocycles. The van der Waals surface area contributed by atoms with Gasteiger partial charge in [0.2, 0.25) is 0 Å². The van der Waals surface area contributed by atoms with Crippen molar-refractivity contribution in [2.75, 3.05) is 5.32 Å². The van der Waals surface area contributed by atoms with Crippen LogP contribution in [0.5, 0.6) is 0 Å². The molecule has 20 heavy (non-hydrogen) atoms. The average Bonchev–Trinajstić information content (AvgIpc) is 2.93. The molecular formula is C14H14N4OS. The standard InChI is InChI=1S/C14H14N4OS/c1-8-4-5-18-7-11(16-12(18)6-8)13(19)17-14-15-9(2)10(3)20-14/h4-7H,1-3H3,(H,15,17,19). The number of rotatable bonds is 2. The monoisotopic (exact) mass is 286 g/mol. The Morgan fingerprint density at radius 3 is 2.80 bits per heavy atom. The van der Waals surface area contributed by atoms with Crippen molar-refractivity contribution in [3.05, 3.63) is 46.4 Å². The van der Waals surface area contributed by atoms with Crippen molar-refractivity contribution in [3.8, 4) is 0 Å². The Morgan fingerprint density at radius 2 is 2.10 bits per heavy atom. The second kappa shape index (κ2) is 4.72. The van der Waals surface area contributed by atoms with Gasteiger partial charge in [-0.1, -0.05) is 0 Å². The summed E-state index contributed by atoms with van der Waals surface area (Å²) in [6.45, 7) is 5.90. The molecule has 3 aromatic rings. The highest BCUT2D eigenvalue weighted by molar-refractivity contribution is 7.15. The van der Waals surface area contributed by atoms with E-state index in [4.69, 9.17) is 0 Å². The number of carbonyl (C=O) groups excluding carboxylic acids is 1. The number of imidazole rings is 1. The van der Waals surface area contributed by atoms with Crippen LogP contribution in [0, 0.1) is 20.8 Å². The highest BCUT2D eigenvalue weighted by atomic mass is 32.1. The summed E-state index contributed by atoms with van der Waals surface area (Å²) in [5.41, 5.74) is 3.21. The highest BCUT2D eigenvalue weighted by Gasteiger charge is 2.13. The van der Waals surface area contributed by atoms with Gasteiger partial charge in [-0.05, 0) is 38.5 Å². The lowest BCUT2D eigenvalue weighted by atomic mass is 10.3. The quantitative estimate of drug-likeness (QED) is 0.788. The third-order valence-electron chi connectivity index (χ3n) is 3.10. The predicted molar refractivity (Wildman–Crippen MR) is 79.5 cm³/mol. The van der Waals surface area contributed by atoms with Crippen LogP contribution in [0.1, 0.15) is 26.6 Å². The first-order valence-electron chi connectivity index (χ1n) is 6.23. The van der Waals surface area contributed by atoms with Gasteiger partial charge in [0.1, 0.15) is 11.3 Å². The molecule has 0 bridgehead atoms. The van der Waals surface area contributed by atoms with Gasteiger partial charge in [-0.25, -0.2) is 9.97 Å². The number of fused-ring (bicyclic) bond motifs is 1. The Kier molecular flexibility index (Phi) is 3.02. The molecule has 3 rings (SSSR count). The first-order chi connectivity index (χ1) is 9.52. The summed E-state index contributed by atoms with van der Waals surface area (Å²) < 4.78 is 1.83. The predicted octanol–water partition coefficient (Wildman–Crippen LogP) is 2.97. The van der Waals surface area contributed by atoms with E-state index >= 15 is 0 Å². The van der Waals surface area contributed by atoms with Crippen molar-refractivity contribution in [1.82, 2.24) is 14.4 Å². The Balaban J connectivity index is 1.88. The van der Waals surface area contributed by atoms with Crippen LogP contribution in [0.3, 0.4) is 0 Å². The van der Waals surface area contributed by atoms with E-state index in [0.717, 1.165) is 21.8 Å². The zero-order chi connectivity index (χ0) is 14.3. The molecule has 5 nitrogen and oxygen atoms in total. The second-order valence-corrected chi connectivity index (χ2v) is 5.91. The Morgan fingerprint density at radius 1 is 1.30 bits per heavy atom. The zero-order valence-corrected chi connectivity index (χ0v) is 12.3. The van der Waals surface area contributed by atoms with Crippen LogP contribution in [-0.2, 0) is 0 Å². The molecule has 0 saturated carbocycles. The number of nitrogens with zero attached hydrogens (tertiary/aromatic N) is 3. The van der Waals surface area contributed by atoms with E-state index in [9.17, 15) is 4.79 Å². The molecule has 0 aliphatic heterocycles. The van der Waals surface area contributed by atoms with E-state index < -0.39 is 0 Å². The van der Waals surface area contributed by atoms with Gasteiger partial charge in [0, 0.05) is 17.3 Å². The molecule has 0 aliphatic carbocycles. The minimum absolute atomic E-state index is 0.236. The lowest BCUT2D eigenvalue weighted by Crippen LogP contribution is -2.12. The van der Waals surface area contributed by atoms with Crippen LogP contribution < -0.4 is 5.32 Å². The van der Waals surface area contributed by atoms with E-state index in [1.165, 1.54) is 11.3 Å². The molecule has 102 valence electrons. The first-order valence-corrected chi connectivity index (χ1v) is 7.05. The maximum Gasteiger partial charge on any atom is 0.277 e. The van der Waals surface area contributed by atoms with Gasteiger partial charge in [-0.3, -0.25) is 10.1 Å². The molecule has 0 radical (unpaired) electrons. The summed E-state index contributed by atoms with van der Waals surface area (Å²) >= 11 is 1.47. The average molecular weight is 286 g/mol. The minimum Gasteiger partial charge on any atom is -0.306 e. The van der Waals surface area contributed by atoms with Crippen LogP contribution in [0.4, 0.5) is 5.13 Å². The normalized spacial score (nSPS) is 10.9. The number of anilines is 1. The highest BCUT2D eigenvalue weighted by Crippen LogP contribution is 2.21. The number of aryl methyl sites for hydroxylation is 3. The fourth-order valence-corrected chi connectivity index (χ4v) is 2.69. The van der Waals surface area contributed by atoms with Crippen LogP contribution in [0.25, 0.3) is 5.65 Å². The zero-order valence-electron chi connectivity index (χ0n) is 11.5. The summed E-state index contributed by atoms with van der Waals surface area (Å²) in [6, 6.07) is 3.92. The number of aromatic nitrogens is 3. The summed E-state index contributed by atoms with van der Waals surface area (Å²) in [7, 11) is 0. The number of nitrogens with one attached hydrogen (secondary N) is 1. The fourth-order valence-electron chi connectivity index (χ4n) is 1.88. The number of hydrogen-bond acceptors (Lipinski definition) is 4. The number of amides is 1. The molecular weight excluding hydrogens is 272 g/mol. The smallest absolute Gasteiger partial charge is 0.277 e. The Hall–Kier alpha value is -2.21. The number of hydrogen-bond donors (Lipinski definition) is 1. The molecule has 3 heterocycles. The van der Waals surface area contributed by atoms with E-state index in [-0.39, 0.29) is 5.91 Å². The van der Waals surface area contributed by atoms with E-state index in [1.54, 1.807) is 6.20 Å². The SMILES string of the molecule is Cc1ccn2cc(C(=O)Nc3nc(C)c(C)s3)nc2c1. The Labute approximate surface area is 120 Å². The van der Waals surface area contributed by atoms with Crippen LogP contribution in [0.2, 0.25) is 0 Å². The van der Waals surface area contributed by atoms with Gasteiger partial charge in [0.05, 0.1) is 5.69 Å². The number of thiazole rings is 1. The topological polar surface area (TPSA) is 59.3 Å².